The molecule has 0 aromatic rings. The van der Waals surface area contributed by atoms with Gasteiger partial charge in [0.1, 0.15) is 6.04 Å². The summed E-state index contributed by atoms with van der Waals surface area (Å²) in [5.41, 5.74) is -0.172. The van der Waals surface area contributed by atoms with Gasteiger partial charge >= 0.3 is 5.97 Å². The van der Waals surface area contributed by atoms with E-state index >= 15 is 0 Å². The molecule has 1 saturated heterocycles. The summed E-state index contributed by atoms with van der Waals surface area (Å²) in [6.07, 6.45) is 2.80. The van der Waals surface area contributed by atoms with E-state index in [0.717, 1.165) is 20.0 Å². The number of carbonyl (C=O) groups excluding carboxylic acids is 4. The van der Waals surface area contributed by atoms with Crippen LogP contribution in [0, 0.1) is 28.6 Å². The van der Waals surface area contributed by atoms with Crippen LogP contribution >= 0.6 is 0 Å². The van der Waals surface area contributed by atoms with Gasteiger partial charge in [0.2, 0.25) is 11.8 Å². The molecule has 0 bridgehead atoms. The number of amides is 2. The van der Waals surface area contributed by atoms with E-state index in [4.69, 9.17) is 0 Å². The normalized spacial score (nSPS) is 28.3. The van der Waals surface area contributed by atoms with E-state index in [9.17, 15) is 19.2 Å². The lowest BCUT2D eigenvalue weighted by atomic mass is 9.90. The van der Waals surface area contributed by atoms with Gasteiger partial charge in [0.05, 0.1) is 13.2 Å². The largest absolute Gasteiger partial charge is 0.463 e. The molecular formula is C22H34N2O5. The van der Waals surface area contributed by atoms with E-state index in [-0.39, 0.29) is 28.6 Å². The number of nitrogens with one attached hydrogen (secondary N) is 1. The third kappa shape index (κ3) is 4.48. The topological polar surface area (TPSA) is 92.8 Å². The highest BCUT2D eigenvalue weighted by Gasteiger charge is 2.69. The predicted molar refractivity (Wildman–Crippen MR) is 107 cm³/mol. The highest BCUT2D eigenvalue weighted by atomic mass is 16.5. The number of nitrogens with zero attached hydrogens (tertiary/aromatic N) is 1. The Morgan fingerprint density at radius 1 is 1.17 bits per heavy atom. The first-order chi connectivity index (χ1) is 13.4. The van der Waals surface area contributed by atoms with Gasteiger partial charge in [-0.2, -0.15) is 0 Å². The molecule has 2 aliphatic carbocycles. The SMILES string of the molecule is COC(=O)C(=O)C(CC1CC1)NC(=O)[C@@H]1[C@@H]2[C@H](CN1C(=O)CC(C)(C)C)C2(C)C. The average Bonchev–Trinajstić information content (AvgIpc) is 3.45. The van der Waals surface area contributed by atoms with Crippen LogP contribution in [0.25, 0.3) is 0 Å². The van der Waals surface area contributed by atoms with Crippen molar-refractivity contribution in [3.63, 3.8) is 0 Å². The molecule has 29 heavy (non-hydrogen) atoms. The highest BCUT2D eigenvalue weighted by molar-refractivity contribution is 6.36. The summed E-state index contributed by atoms with van der Waals surface area (Å²) >= 11 is 0. The Hall–Kier alpha value is -1.92. The van der Waals surface area contributed by atoms with Crippen molar-refractivity contribution in [1.29, 1.82) is 0 Å². The fourth-order valence-electron chi connectivity index (χ4n) is 4.82. The lowest BCUT2D eigenvalue weighted by molar-refractivity contribution is -0.153. The number of hydrogen-bond acceptors (Lipinski definition) is 5. The first-order valence-corrected chi connectivity index (χ1v) is 10.6. The zero-order valence-electron chi connectivity index (χ0n) is 18.4. The molecule has 7 nitrogen and oxygen atoms in total. The number of rotatable bonds is 7. The quantitative estimate of drug-likeness (QED) is 0.515. The fraction of sp³-hybridized carbons (Fsp3) is 0.818. The van der Waals surface area contributed by atoms with Crippen LogP contribution in [0.5, 0.6) is 0 Å². The second kappa shape index (κ2) is 7.40. The minimum absolute atomic E-state index is 0.00112. The number of piperidine rings is 1. The summed E-state index contributed by atoms with van der Waals surface area (Å²) in [4.78, 5) is 52.1. The summed E-state index contributed by atoms with van der Waals surface area (Å²) in [6, 6.07) is -1.47. The third-order valence-electron chi connectivity index (χ3n) is 6.76. The van der Waals surface area contributed by atoms with Crippen LogP contribution in [-0.4, -0.2) is 54.2 Å². The molecule has 3 aliphatic rings. The summed E-state index contributed by atoms with van der Waals surface area (Å²) in [6.45, 7) is 10.8. The summed E-state index contributed by atoms with van der Waals surface area (Å²) in [5, 5.41) is 2.80. The fourth-order valence-corrected chi connectivity index (χ4v) is 4.82. The van der Waals surface area contributed by atoms with Crippen LogP contribution in [0.4, 0.5) is 0 Å². The Labute approximate surface area is 172 Å². The third-order valence-corrected chi connectivity index (χ3v) is 6.76. The Balaban J connectivity index is 1.76. The highest BCUT2D eigenvalue weighted by Crippen LogP contribution is 2.65. The smallest absolute Gasteiger partial charge is 0.376 e. The van der Waals surface area contributed by atoms with Gasteiger partial charge in [0.25, 0.3) is 5.78 Å². The number of fused-ring (bicyclic) bond motifs is 1. The molecule has 1 heterocycles. The van der Waals surface area contributed by atoms with Crippen LogP contribution in [0.2, 0.25) is 0 Å². The van der Waals surface area contributed by atoms with Gasteiger partial charge < -0.3 is 15.0 Å². The van der Waals surface area contributed by atoms with Crippen LogP contribution < -0.4 is 5.32 Å². The summed E-state index contributed by atoms with van der Waals surface area (Å²) in [5.74, 6) is -1.28. The molecule has 2 saturated carbocycles. The molecule has 0 aromatic carbocycles. The molecule has 2 amide bonds. The molecule has 7 heteroatoms. The zero-order chi connectivity index (χ0) is 21.7. The standard InChI is InChI=1S/C22H34N2O5/c1-21(2,3)10-15(25)24-11-13-16(22(13,4)5)17(24)19(27)23-14(9-12-7-8-12)18(26)20(28)29-6/h12-14,16-17H,7-11H2,1-6H3,(H,23,27)/t13-,14?,16-,17-/m0/s1. The van der Waals surface area contributed by atoms with Crippen molar-refractivity contribution in [2.24, 2.45) is 28.6 Å². The number of ether oxygens (including phenoxy) is 1. The van der Waals surface area contributed by atoms with Crippen LogP contribution in [-0.2, 0) is 23.9 Å². The number of ketones is 1. The van der Waals surface area contributed by atoms with Gasteiger partial charge in [-0.05, 0) is 35.0 Å². The van der Waals surface area contributed by atoms with Crippen molar-refractivity contribution in [1.82, 2.24) is 10.2 Å². The summed E-state index contributed by atoms with van der Waals surface area (Å²) in [7, 11) is 1.16. The number of methoxy groups -OCH3 is 1. The maximum atomic E-state index is 13.3. The van der Waals surface area contributed by atoms with Crippen molar-refractivity contribution in [3.05, 3.63) is 0 Å². The monoisotopic (exact) mass is 406 g/mol. The van der Waals surface area contributed by atoms with Crippen molar-refractivity contribution in [2.75, 3.05) is 13.7 Å². The van der Waals surface area contributed by atoms with Crippen molar-refractivity contribution in [3.8, 4) is 0 Å². The Bertz CT molecular complexity index is 719. The van der Waals surface area contributed by atoms with Crippen LogP contribution in [0.3, 0.4) is 0 Å². The molecule has 4 atom stereocenters. The number of Topliss-reactive ketones (excluding diaryl/α,β-unsaturated/α-hetero) is 1. The Kier molecular flexibility index (Phi) is 5.56. The van der Waals surface area contributed by atoms with E-state index in [1.165, 1.54) is 0 Å². The lowest BCUT2D eigenvalue weighted by Gasteiger charge is -2.33. The van der Waals surface area contributed by atoms with Crippen LogP contribution in [0.15, 0.2) is 0 Å². The van der Waals surface area contributed by atoms with E-state index in [1.54, 1.807) is 4.90 Å². The number of esters is 1. The van der Waals surface area contributed by atoms with Crippen molar-refractivity contribution >= 4 is 23.6 Å². The van der Waals surface area contributed by atoms with E-state index in [2.05, 4.69) is 23.9 Å². The van der Waals surface area contributed by atoms with Gasteiger partial charge in [-0.15, -0.1) is 0 Å². The van der Waals surface area contributed by atoms with Gasteiger partial charge in [-0.1, -0.05) is 47.5 Å². The van der Waals surface area contributed by atoms with E-state index in [0.29, 0.717) is 31.2 Å². The second-order valence-electron chi connectivity index (χ2n) is 10.8. The van der Waals surface area contributed by atoms with E-state index in [1.807, 2.05) is 20.8 Å². The second-order valence-corrected chi connectivity index (χ2v) is 10.8. The molecule has 0 aromatic heterocycles. The van der Waals surface area contributed by atoms with Crippen LogP contribution in [0.1, 0.15) is 60.3 Å². The van der Waals surface area contributed by atoms with Gasteiger partial charge in [-0.25, -0.2) is 4.79 Å². The minimum Gasteiger partial charge on any atom is -0.463 e. The molecule has 1 N–H and O–H groups in total. The lowest BCUT2D eigenvalue weighted by Crippen LogP contribution is -2.54. The molecule has 162 valence electrons. The number of carbonyl (C=O) groups is 4. The summed E-state index contributed by atoms with van der Waals surface area (Å²) < 4.78 is 4.57. The predicted octanol–water partition coefficient (Wildman–Crippen LogP) is 1.93. The molecule has 1 unspecified atom stereocenters. The first-order valence-electron chi connectivity index (χ1n) is 10.6. The van der Waals surface area contributed by atoms with Gasteiger partial charge in [-0.3, -0.25) is 14.4 Å². The molecule has 0 radical (unpaired) electrons. The Morgan fingerprint density at radius 3 is 2.31 bits per heavy atom. The molecule has 3 fully saturated rings. The number of likely N-dealkylation sites (tertiary alicyclic amines) is 1. The van der Waals surface area contributed by atoms with Crippen molar-refractivity contribution in [2.45, 2.75) is 72.4 Å². The Morgan fingerprint density at radius 2 is 1.79 bits per heavy atom. The van der Waals surface area contributed by atoms with Gasteiger partial charge in [0, 0.05) is 13.0 Å². The maximum Gasteiger partial charge on any atom is 0.376 e. The molecule has 3 rings (SSSR count). The first kappa shape index (κ1) is 21.8. The average molecular weight is 407 g/mol. The van der Waals surface area contributed by atoms with Gasteiger partial charge in [0.15, 0.2) is 0 Å². The minimum atomic E-state index is -0.937. The molecular weight excluding hydrogens is 372 g/mol. The number of hydrogen-bond donors (Lipinski definition) is 1. The molecule has 1 aliphatic heterocycles. The van der Waals surface area contributed by atoms with E-state index < -0.39 is 23.8 Å². The maximum absolute atomic E-state index is 13.3. The molecule has 0 spiro atoms. The zero-order valence-corrected chi connectivity index (χ0v) is 18.4. The van der Waals surface area contributed by atoms with Crippen molar-refractivity contribution < 1.29 is 23.9 Å².